The van der Waals surface area contributed by atoms with Crippen LogP contribution in [-0.2, 0) is 22.4 Å². The fourth-order valence-electron chi connectivity index (χ4n) is 3.57. The fourth-order valence-corrected chi connectivity index (χ4v) is 3.57. The molecule has 0 spiro atoms. The molecule has 1 saturated heterocycles. The Bertz CT molecular complexity index is 702. The Morgan fingerprint density at radius 3 is 2.07 bits per heavy atom. The molecule has 2 aromatic carbocycles. The summed E-state index contributed by atoms with van der Waals surface area (Å²) in [7, 11) is 0. The number of epoxide rings is 1. The zero-order valence-electron chi connectivity index (χ0n) is 15.3. The number of rotatable bonds is 11. The van der Waals surface area contributed by atoms with Gasteiger partial charge in [0.2, 0.25) is 0 Å². The van der Waals surface area contributed by atoms with E-state index in [0.717, 1.165) is 18.4 Å². The first-order valence-corrected chi connectivity index (χ1v) is 9.75. The Morgan fingerprint density at radius 1 is 0.815 bits per heavy atom. The Hall–Kier alpha value is -1.53. The van der Waals surface area contributed by atoms with E-state index in [-0.39, 0.29) is 25.0 Å². The number of aryl methyl sites for hydroxylation is 2. The topological polar surface area (TPSA) is 49.8 Å². The summed E-state index contributed by atoms with van der Waals surface area (Å²) < 4.78 is 5.31. The van der Waals surface area contributed by atoms with E-state index >= 15 is 0 Å². The Balaban J connectivity index is 0.00000261. The zero-order chi connectivity index (χ0) is 18.2. The van der Waals surface area contributed by atoms with Crippen LogP contribution >= 0.6 is 0 Å². The van der Waals surface area contributed by atoms with Gasteiger partial charge in [-0.2, -0.15) is 0 Å². The number of carbonyl (C=O) groups is 1. The molecule has 1 N–H and O–H groups in total. The molecule has 1 heterocycles. The molecule has 0 aromatic heterocycles. The van der Waals surface area contributed by atoms with Crippen LogP contribution in [0, 0.1) is 0 Å². The van der Waals surface area contributed by atoms with Crippen LogP contribution < -0.4 is 0 Å². The summed E-state index contributed by atoms with van der Waals surface area (Å²) in [4.78, 5) is 11.0. The van der Waals surface area contributed by atoms with Crippen LogP contribution in [0.25, 0.3) is 0 Å². The molecule has 1 fully saturated rings. The van der Waals surface area contributed by atoms with Gasteiger partial charge in [-0.25, -0.2) is 4.79 Å². The number of aliphatic carboxylic acids is 1. The SMILES string of the molecule is O=C(O)[C@@H]1OC1c1ccccc1CCCCCCCCc1ccccc1.[LiH]. The van der Waals surface area contributed by atoms with Crippen molar-refractivity contribution in [1.82, 2.24) is 0 Å². The monoisotopic (exact) mass is 360 g/mol. The summed E-state index contributed by atoms with van der Waals surface area (Å²) >= 11 is 0. The molecule has 0 amide bonds. The van der Waals surface area contributed by atoms with Gasteiger partial charge >= 0.3 is 24.8 Å². The Morgan fingerprint density at radius 2 is 1.41 bits per heavy atom. The zero-order valence-corrected chi connectivity index (χ0v) is 15.3. The van der Waals surface area contributed by atoms with Crippen molar-refractivity contribution in [2.45, 2.75) is 63.6 Å². The molecule has 2 atom stereocenters. The van der Waals surface area contributed by atoms with Crippen molar-refractivity contribution in [1.29, 1.82) is 0 Å². The predicted molar refractivity (Wildman–Crippen MR) is 110 cm³/mol. The van der Waals surface area contributed by atoms with Crippen LogP contribution in [0.15, 0.2) is 54.6 Å². The molecule has 0 radical (unpaired) electrons. The normalized spacial score (nSPS) is 17.9. The number of hydrogen-bond donors (Lipinski definition) is 1. The van der Waals surface area contributed by atoms with E-state index in [1.165, 1.54) is 49.7 Å². The van der Waals surface area contributed by atoms with Crippen LogP contribution in [-0.4, -0.2) is 36.0 Å². The van der Waals surface area contributed by atoms with Crippen molar-refractivity contribution in [3.05, 3.63) is 71.3 Å². The van der Waals surface area contributed by atoms with E-state index in [1.54, 1.807) is 0 Å². The van der Waals surface area contributed by atoms with Crippen molar-refractivity contribution in [3.8, 4) is 0 Å². The predicted octanol–water partition coefficient (Wildman–Crippen LogP) is 4.69. The molecule has 2 aromatic rings. The van der Waals surface area contributed by atoms with E-state index in [4.69, 9.17) is 9.84 Å². The molecular weight excluding hydrogens is 331 g/mol. The molecule has 0 bridgehead atoms. The van der Waals surface area contributed by atoms with Gasteiger partial charge in [0.05, 0.1) is 0 Å². The van der Waals surface area contributed by atoms with Gasteiger partial charge < -0.3 is 9.84 Å². The number of carboxylic acids is 1. The maximum absolute atomic E-state index is 11.0. The van der Waals surface area contributed by atoms with Crippen LogP contribution in [0.5, 0.6) is 0 Å². The van der Waals surface area contributed by atoms with Gasteiger partial charge in [0, 0.05) is 0 Å². The van der Waals surface area contributed by atoms with E-state index in [0.29, 0.717) is 0 Å². The standard InChI is InChI=1S/C23H28O3.Li.H/c24-23(25)22-21(26-22)20-17-11-10-16-19(20)15-9-4-2-1-3-6-12-18-13-7-5-8-14-18;;/h5,7-8,10-11,13-14,16-17,21-22H,1-4,6,9,12,15H2,(H,24,25);;/t21?,22-;;/m1../s1. The van der Waals surface area contributed by atoms with Crippen LogP contribution in [0.4, 0.5) is 0 Å². The third kappa shape index (κ3) is 6.85. The summed E-state index contributed by atoms with van der Waals surface area (Å²) in [5, 5.41) is 9.04. The Labute approximate surface area is 174 Å². The fraction of sp³-hybridized carbons (Fsp3) is 0.435. The second-order valence-electron chi connectivity index (χ2n) is 7.12. The molecule has 0 saturated carbocycles. The van der Waals surface area contributed by atoms with Crippen molar-refractivity contribution in [2.75, 3.05) is 0 Å². The van der Waals surface area contributed by atoms with Crippen molar-refractivity contribution >= 4 is 24.8 Å². The first-order chi connectivity index (χ1) is 12.8. The van der Waals surface area contributed by atoms with E-state index < -0.39 is 12.1 Å². The van der Waals surface area contributed by atoms with Gasteiger partial charge in [-0.3, -0.25) is 0 Å². The molecule has 3 rings (SSSR count). The second-order valence-corrected chi connectivity index (χ2v) is 7.12. The first-order valence-electron chi connectivity index (χ1n) is 9.75. The summed E-state index contributed by atoms with van der Waals surface area (Å²) in [5.41, 5.74) is 3.74. The quantitative estimate of drug-likeness (QED) is 0.359. The summed E-state index contributed by atoms with van der Waals surface area (Å²) in [6, 6.07) is 18.8. The molecule has 1 unspecified atom stereocenters. The summed E-state index contributed by atoms with van der Waals surface area (Å²) in [5.74, 6) is -0.861. The van der Waals surface area contributed by atoms with Gasteiger partial charge in [0.1, 0.15) is 6.10 Å². The summed E-state index contributed by atoms with van der Waals surface area (Å²) in [6.07, 6.45) is 8.79. The van der Waals surface area contributed by atoms with Crippen molar-refractivity contribution < 1.29 is 14.6 Å². The molecule has 4 heteroatoms. The molecule has 1 aliphatic heterocycles. The van der Waals surface area contributed by atoms with Gasteiger partial charge in [0.25, 0.3) is 0 Å². The summed E-state index contributed by atoms with van der Waals surface area (Å²) in [6.45, 7) is 0. The minimum absolute atomic E-state index is 0. The third-order valence-electron chi connectivity index (χ3n) is 5.10. The van der Waals surface area contributed by atoms with E-state index in [2.05, 4.69) is 36.4 Å². The van der Waals surface area contributed by atoms with E-state index in [1.807, 2.05) is 18.2 Å². The number of hydrogen-bond acceptors (Lipinski definition) is 2. The van der Waals surface area contributed by atoms with Gasteiger partial charge in [-0.15, -0.1) is 0 Å². The average Bonchev–Trinajstić information content (AvgIpc) is 3.46. The molecular formula is C23H29LiO3. The third-order valence-corrected chi connectivity index (χ3v) is 5.10. The Kier molecular flexibility index (Phi) is 9.14. The van der Waals surface area contributed by atoms with Gasteiger partial charge in [0.15, 0.2) is 6.10 Å². The average molecular weight is 360 g/mol. The molecule has 140 valence electrons. The van der Waals surface area contributed by atoms with Crippen LogP contribution in [0.3, 0.4) is 0 Å². The maximum atomic E-state index is 11.0. The number of ether oxygens (including phenoxy) is 1. The first kappa shape index (κ1) is 21.8. The molecule has 27 heavy (non-hydrogen) atoms. The van der Waals surface area contributed by atoms with Crippen LogP contribution in [0.1, 0.15) is 61.3 Å². The second kappa shape index (κ2) is 11.3. The van der Waals surface area contributed by atoms with Crippen LogP contribution in [0.2, 0.25) is 0 Å². The van der Waals surface area contributed by atoms with E-state index in [9.17, 15) is 4.79 Å². The number of carboxylic acid groups (broad SMARTS) is 1. The molecule has 1 aliphatic rings. The molecule has 3 nitrogen and oxygen atoms in total. The minimum atomic E-state index is -0.861. The van der Waals surface area contributed by atoms with Crippen molar-refractivity contribution in [3.63, 3.8) is 0 Å². The van der Waals surface area contributed by atoms with Gasteiger partial charge in [-0.05, 0) is 42.4 Å². The number of unbranched alkanes of at least 4 members (excludes halogenated alkanes) is 5. The molecule has 0 aliphatic carbocycles. The van der Waals surface area contributed by atoms with Crippen molar-refractivity contribution in [2.24, 2.45) is 0 Å². The van der Waals surface area contributed by atoms with Gasteiger partial charge in [-0.1, -0.05) is 80.3 Å². The number of benzene rings is 2.